The van der Waals surface area contributed by atoms with Crippen LogP contribution in [0.5, 0.6) is 0 Å². The lowest BCUT2D eigenvalue weighted by molar-refractivity contribution is -0.384. The van der Waals surface area contributed by atoms with Crippen molar-refractivity contribution >= 4 is 17.3 Å². The molecule has 29 heavy (non-hydrogen) atoms. The van der Waals surface area contributed by atoms with Crippen molar-refractivity contribution in [2.75, 3.05) is 18.6 Å². The SMILES string of the molecule is COC(=O)[C@@H]1Cc2cc([N+](=O)[O-])ccc2N2C[C@@H]3C[C@H](Cn4c3cccc4=O)[C@@H]12. The average molecular weight is 395 g/mol. The number of carbonyl (C=O) groups excluding carboxylic acids is 1. The predicted molar refractivity (Wildman–Crippen MR) is 105 cm³/mol. The number of hydrogen-bond donors (Lipinski definition) is 0. The van der Waals surface area contributed by atoms with Gasteiger partial charge in [-0.3, -0.25) is 19.7 Å². The number of nitro benzene ring substituents is 1. The molecule has 2 aromatic rings. The first-order chi connectivity index (χ1) is 14.0. The Hall–Kier alpha value is -3.16. The van der Waals surface area contributed by atoms with Gasteiger partial charge in [-0.1, -0.05) is 6.07 Å². The second-order valence-corrected chi connectivity index (χ2v) is 8.14. The van der Waals surface area contributed by atoms with Gasteiger partial charge >= 0.3 is 5.97 Å². The molecule has 4 heterocycles. The minimum atomic E-state index is -0.415. The summed E-state index contributed by atoms with van der Waals surface area (Å²) in [6, 6.07) is 10.2. The molecule has 8 heteroatoms. The highest BCUT2D eigenvalue weighted by Gasteiger charge is 2.49. The van der Waals surface area contributed by atoms with Gasteiger partial charge in [0.25, 0.3) is 11.2 Å². The zero-order chi connectivity index (χ0) is 20.3. The fourth-order valence-corrected chi connectivity index (χ4v) is 5.58. The third-order valence-electron chi connectivity index (χ3n) is 6.71. The average Bonchev–Trinajstić information content (AvgIpc) is 2.73. The first kappa shape index (κ1) is 17.9. The molecule has 3 aliphatic heterocycles. The van der Waals surface area contributed by atoms with Crippen molar-refractivity contribution < 1.29 is 14.5 Å². The standard InChI is InChI=1S/C21H21N3O5/c1-29-21(26)16-9-12-8-15(24(27)28)5-6-18(12)23-10-13-7-14(20(16)23)11-22-17(13)3-2-4-19(22)25/h2-6,8,13-14,16,20H,7,9-11H2,1H3/t13-,14+,16+,20-/m0/s1. The number of pyridine rings is 1. The van der Waals surface area contributed by atoms with Crippen LogP contribution in [0.25, 0.3) is 0 Å². The van der Waals surface area contributed by atoms with Gasteiger partial charge in [-0.15, -0.1) is 0 Å². The molecule has 3 aliphatic rings. The topological polar surface area (TPSA) is 94.7 Å². The van der Waals surface area contributed by atoms with E-state index in [0.29, 0.717) is 19.5 Å². The Morgan fingerprint density at radius 1 is 1.24 bits per heavy atom. The summed E-state index contributed by atoms with van der Waals surface area (Å²) in [7, 11) is 1.38. The lowest BCUT2D eigenvalue weighted by Gasteiger charge is -2.53. The van der Waals surface area contributed by atoms with Crippen LogP contribution < -0.4 is 10.5 Å². The van der Waals surface area contributed by atoms with Crippen molar-refractivity contribution in [1.29, 1.82) is 0 Å². The molecular formula is C21H21N3O5. The van der Waals surface area contributed by atoms with Gasteiger partial charge in [0, 0.05) is 54.6 Å². The Kier molecular flexibility index (Phi) is 3.97. The van der Waals surface area contributed by atoms with Crippen LogP contribution in [0.15, 0.2) is 41.2 Å². The van der Waals surface area contributed by atoms with Crippen molar-refractivity contribution in [3.8, 4) is 0 Å². The van der Waals surface area contributed by atoms with Crippen LogP contribution in [0.2, 0.25) is 0 Å². The predicted octanol–water partition coefficient (Wildman–Crippen LogP) is 2.09. The smallest absolute Gasteiger partial charge is 0.311 e. The molecule has 1 aromatic carbocycles. The maximum Gasteiger partial charge on any atom is 0.311 e. The van der Waals surface area contributed by atoms with E-state index in [2.05, 4.69) is 4.90 Å². The van der Waals surface area contributed by atoms with Gasteiger partial charge in [-0.25, -0.2) is 0 Å². The second kappa shape index (κ2) is 6.43. The number of nitro groups is 1. The van der Waals surface area contributed by atoms with Crippen LogP contribution in [0.4, 0.5) is 11.4 Å². The van der Waals surface area contributed by atoms with Crippen molar-refractivity contribution in [2.45, 2.75) is 31.3 Å². The summed E-state index contributed by atoms with van der Waals surface area (Å²) in [5.74, 6) is -0.407. The highest BCUT2D eigenvalue weighted by Crippen LogP contribution is 2.47. The first-order valence-electron chi connectivity index (χ1n) is 9.79. The maximum atomic E-state index is 12.7. The van der Waals surface area contributed by atoms with Gasteiger partial charge in [0.05, 0.1) is 18.0 Å². The van der Waals surface area contributed by atoms with Crippen LogP contribution in [-0.2, 0) is 22.5 Å². The zero-order valence-electron chi connectivity index (χ0n) is 16.0. The summed E-state index contributed by atoms with van der Waals surface area (Å²) >= 11 is 0. The Morgan fingerprint density at radius 3 is 2.83 bits per heavy atom. The van der Waals surface area contributed by atoms with Gasteiger partial charge in [0.15, 0.2) is 0 Å². The number of methoxy groups -OCH3 is 1. The fourth-order valence-electron chi connectivity index (χ4n) is 5.58. The minimum absolute atomic E-state index is 0.00731. The molecule has 0 spiro atoms. The van der Waals surface area contributed by atoms with Crippen molar-refractivity contribution in [2.24, 2.45) is 11.8 Å². The Bertz CT molecular complexity index is 1080. The third kappa shape index (κ3) is 2.66. The number of non-ortho nitro benzene ring substituents is 1. The Morgan fingerprint density at radius 2 is 2.07 bits per heavy atom. The molecule has 0 radical (unpaired) electrons. The van der Waals surface area contributed by atoms with E-state index in [1.54, 1.807) is 24.3 Å². The molecule has 0 unspecified atom stereocenters. The maximum absolute atomic E-state index is 12.7. The van der Waals surface area contributed by atoms with Crippen LogP contribution in [0.1, 0.15) is 23.6 Å². The molecule has 2 bridgehead atoms. The molecule has 0 saturated carbocycles. The van der Waals surface area contributed by atoms with E-state index in [1.807, 2.05) is 10.6 Å². The number of anilines is 1. The molecule has 5 rings (SSSR count). The summed E-state index contributed by atoms with van der Waals surface area (Å²) in [6.07, 6.45) is 1.32. The van der Waals surface area contributed by atoms with E-state index < -0.39 is 10.8 Å². The van der Waals surface area contributed by atoms with Crippen LogP contribution in [-0.4, -0.2) is 35.2 Å². The van der Waals surface area contributed by atoms with Gasteiger partial charge in [-0.2, -0.15) is 0 Å². The lowest BCUT2D eigenvalue weighted by Crippen LogP contribution is -2.60. The van der Waals surface area contributed by atoms with Gasteiger partial charge in [0.2, 0.25) is 0 Å². The Labute approximate surface area is 166 Å². The largest absolute Gasteiger partial charge is 0.469 e. The number of esters is 1. The number of nitrogens with zero attached hydrogens (tertiary/aromatic N) is 3. The number of carbonyl (C=O) groups is 1. The van der Waals surface area contributed by atoms with E-state index in [1.165, 1.54) is 13.2 Å². The number of benzene rings is 1. The molecule has 150 valence electrons. The van der Waals surface area contributed by atoms with Crippen LogP contribution >= 0.6 is 0 Å². The van der Waals surface area contributed by atoms with Crippen molar-refractivity contribution in [3.05, 3.63) is 68.1 Å². The van der Waals surface area contributed by atoms with Crippen LogP contribution in [0, 0.1) is 22.0 Å². The summed E-state index contributed by atoms with van der Waals surface area (Å²) in [5.41, 5.74) is 2.79. The molecule has 0 amide bonds. The van der Waals surface area contributed by atoms with E-state index in [0.717, 1.165) is 23.4 Å². The summed E-state index contributed by atoms with van der Waals surface area (Å²) < 4.78 is 6.94. The molecule has 4 atom stereocenters. The third-order valence-corrected chi connectivity index (χ3v) is 6.71. The van der Waals surface area contributed by atoms with E-state index in [9.17, 15) is 19.7 Å². The van der Waals surface area contributed by atoms with Gasteiger partial charge in [0.1, 0.15) is 0 Å². The zero-order valence-corrected chi connectivity index (χ0v) is 16.0. The second-order valence-electron chi connectivity index (χ2n) is 8.14. The number of rotatable bonds is 2. The first-order valence-corrected chi connectivity index (χ1v) is 9.79. The molecule has 1 fully saturated rings. The quantitative estimate of drug-likeness (QED) is 0.439. The normalized spacial score (nSPS) is 26.7. The Balaban J connectivity index is 1.63. The monoisotopic (exact) mass is 395 g/mol. The number of fused-ring (bicyclic) bond motifs is 8. The van der Waals surface area contributed by atoms with Gasteiger partial charge in [-0.05, 0) is 36.5 Å². The molecule has 1 saturated heterocycles. The van der Waals surface area contributed by atoms with Crippen molar-refractivity contribution in [3.63, 3.8) is 0 Å². The van der Waals surface area contributed by atoms with Crippen molar-refractivity contribution in [1.82, 2.24) is 4.57 Å². The van der Waals surface area contributed by atoms with E-state index in [4.69, 9.17) is 4.74 Å². The van der Waals surface area contributed by atoms with E-state index in [-0.39, 0.29) is 35.1 Å². The molecule has 8 nitrogen and oxygen atoms in total. The highest BCUT2D eigenvalue weighted by molar-refractivity contribution is 5.77. The van der Waals surface area contributed by atoms with E-state index >= 15 is 0 Å². The molecular weight excluding hydrogens is 374 g/mol. The molecule has 0 N–H and O–H groups in total. The van der Waals surface area contributed by atoms with Gasteiger partial charge < -0.3 is 14.2 Å². The van der Waals surface area contributed by atoms with Crippen LogP contribution in [0.3, 0.4) is 0 Å². The highest BCUT2D eigenvalue weighted by atomic mass is 16.6. The number of ether oxygens (including phenoxy) is 1. The number of piperidine rings is 1. The number of aromatic nitrogens is 1. The molecule has 1 aromatic heterocycles. The summed E-state index contributed by atoms with van der Waals surface area (Å²) in [6.45, 7) is 1.24. The fraction of sp³-hybridized carbons (Fsp3) is 0.429. The summed E-state index contributed by atoms with van der Waals surface area (Å²) in [4.78, 5) is 38.1. The minimum Gasteiger partial charge on any atom is -0.469 e. The lowest BCUT2D eigenvalue weighted by atomic mass is 9.70. The summed E-state index contributed by atoms with van der Waals surface area (Å²) in [5, 5.41) is 11.2. The number of hydrogen-bond acceptors (Lipinski definition) is 6. The molecule has 0 aliphatic carbocycles.